The molecule has 7 heteroatoms. The highest BCUT2D eigenvalue weighted by molar-refractivity contribution is 5.96. The molecule has 0 saturated carbocycles. The van der Waals surface area contributed by atoms with Gasteiger partial charge in [0.2, 0.25) is 5.91 Å². The second kappa shape index (κ2) is 9.78. The Morgan fingerprint density at radius 2 is 1.86 bits per heavy atom. The molecule has 2 saturated heterocycles. The van der Waals surface area contributed by atoms with Gasteiger partial charge in [0.25, 0.3) is 0 Å². The van der Waals surface area contributed by atoms with Crippen molar-refractivity contribution in [3.8, 4) is 0 Å². The van der Waals surface area contributed by atoms with E-state index in [-0.39, 0.29) is 17.9 Å². The van der Waals surface area contributed by atoms with Crippen molar-refractivity contribution in [2.45, 2.75) is 26.7 Å². The fourth-order valence-electron chi connectivity index (χ4n) is 3.97. The van der Waals surface area contributed by atoms with E-state index in [1.807, 2.05) is 18.2 Å². The van der Waals surface area contributed by atoms with Crippen LogP contribution in [-0.2, 0) is 9.53 Å². The zero-order valence-corrected chi connectivity index (χ0v) is 17.0. The Kier molecular flexibility index (Phi) is 7.14. The minimum absolute atomic E-state index is 0.0198. The summed E-state index contributed by atoms with van der Waals surface area (Å²) in [7, 11) is 0. The van der Waals surface area contributed by atoms with E-state index in [4.69, 9.17) is 4.74 Å². The van der Waals surface area contributed by atoms with E-state index >= 15 is 0 Å². The van der Waals surface area contributed by atoms with E-state index in [0.29, 0.717) is 19.7 Å². The van der Waals surface area contributed by atoms with E-state index in [0.717, 1.165) is 56.9 Å². The van der Waals surface area contributed by atoms with E-state index in [1.165, 1.54) is 0 Å². The van der Waals surface area contributed by atoms with Crippen LogP contribution in [0.25, 0.3) is 0 Å². The minimum atomic E-state index is -0.325. The number of likely N-dealkylation sites (N-methyl/N-ethyl adjacent to an activating group) is 1. The van der Waals surface area contributed by atoms with Crippen LogP contribution in [0.4, 0.5) is 16.2 Å². The molecule has 2 amide bonds. The lowest BCUT2D eigenvalue weighted by atomic mass is 9.97. The predicted molar refractivity (Wildman–Crippen MR) is 111 cm³/mol. The van der Waals surface area contributed by atoms with Crippen LogP contribution in [0.15, 0.2) is 24.3 Å². The van der Waals surface area contributed by atoms with Crippen molar-refractivity contribution in [2.24, 2.45) is 5.92 Å². The molecule has 0 aromatic heterocycles. The van der Waals surface area contributed by atoms with Crippen LogP contribution in [0.1, 0.15) is 26.7 Å². The summed E-state index contributed by atoms with van der Waals surface area (Å²) in [6.07, 6.45) is 1.28. The molecule has 0 bridgehead atoms. The Hall–Kier alpha value is -2.28. The summed E-state index contributed by atoms with van der Waals surface area (Å²) in [6.45, 7) is 10.5. The number of benzene rings is 1. The third-order valence-electron chi connectivity index (χ3n) is 5.64. The second-order valence-corrected chi connectivity index (χ2v) is 7.41. The lowest BCUT2D eigenvalue weighted by molar-refractivity contribution is -0.121. The predicted octanol–water partition coefficient (Wildman–Crippen LogP) is 2.64. The van der Waals surface area contributed by atoms with Gasteiger partial charge in [-0.1, -0.05) is 19.1 Å². The van der Waals surface area contributed by atoms with Crippen molar-refractivity contribution in [2.75, 3.05) is 62.6 Å². The molecule has 1 aromatic carbocycles. The standard InChI is InChI=1S/C21H32N4O3/c1-3-23-12-14-24(15-13-23)19-10-6-5-9-18(19)22-20(26)17-8-7-11-25(16-17)21(27)28-4-2/h5-6,9-10,17H,3-4,7-8,11-16H2,1-2H3,(H,22,26). The number of ether oxygens (including phenoxy) is 1. The number of likely N-dealkylation sites (tertiary alicyclic amines) is 1. The molecular weight excluding hydrogens is 356 g/mol. The van der Waals surface area contributed by atoms with Gasteiger partial charge in [-0.2, -0.15) is 0 Å². The van der Waals surface area contributed by atoms with Crippen LogP contribution < -0.4 is 10.2 Å². The van der Waals surface area contributed by atoms with Gasteiger partial charge >= 0.3 is 6.09 Å². The number of amides is 2. The van der Waals surface area contributed by atoms with E-state index in [2.05, 4.69) is 28.1 Å². The molecule has 0 aliphatic carbocycles. The first-order valence-corrected chi connectivity index (χ1v) is 10.4. The number of anilines is 2. The summed E-state index contributed by atoms with van der Waals surface area (Å²) < 4.78 is 5.09. The topological polar surface area (TPSA) is 65.1 Å². The number of nitrogens with zero attached hydrogens (tertiary/aromatic N) is 3. The Morgan fingerprint density at radius 1 is 1.11 bits per heavy atom. The van der Waals surface area contributed by atoms with Crippen molar-refractivity contribution >= 4 is 23.4 Å². The van der Waals surface area contributed by atoms with E-state index in [9.17, 15) is 9.59 Å². The van der Waals surface area contributed by atoms with Crippen molar-refractivity contribution in [1.82, 2.24) is 9.80 Å². The average molecular weight is 389 g/mol. The van der Waals surface area contributed by atoms with Gasteiger partial charge < -0.3 is 24.8 Å². The third kappa shape index (κ3) is 4.95. The average Bonchev–Trinajstić information content (AvgIpc) is 2.74. The number of carbonyl (C=O) groups excluding carboxylic acids is 2. The number of para-hydroxylation sites is 2. The van der Waals surface area contributed by atoms with Crippen LogP contribution in [-0.4, -0.2) is 74.2 Å². The van der Waals surface area contributed by atoms with Gasteiger partial charge in [0, 0.05) is 39.3 Å². The number of carbonyl (C=O) groups is 2. The number of piperidine rings is 1. The van der Waals surface area contributed by atoms with Gasteiger partial charge in [0.15, 0.2) is 0 Å². The Balaban J connectivity index is 1.63. The molecule has 28 heavy (non-hydrogen) atoms. The summed E-state index contributed by atoms with van der Waals surface area (Å²) in [5, 5.41) is 3.12. The molecule has 1 unspecified atom stereocenters. The number of nitrogens with one attached hydrogen (secondary N) is 1. The first-order valence-electron chi connectivity index (χ1n) is 10.4. The molecule has 2 fully saturated rings. The molecule has 1 N–H and O–H groups in total. The molecule has 3 rings (SSSR count). The Bertz CT molecular complexity index is 673. The third-order valence-corrected chi connectivity index (χ3v) is 5.64. The molecule has 154 valence electrons. The maximum absolute atomic E-state index is 12.9. The van der Waals surface area contributed by atoms with Gasteiger partial charge in [0.1, 0.15) is 0 Å². The summed E-state index contributed by atoms with van der Waals surface area (Å²) in [6, 6.07) is 8.00. The second-order valence-electron chi connectivity index (χ2n) is 7.41. The highest BCUT2D eigenvalue weighted by Gasteiger charge is 2.29. The lowest BCUT2D eigenvalue weighted by Crippen LogP contribution is -2.46. The van der Waals surface area contributed by atoms with Crippen LogP contribution in [0.5, 0.6) is 0 Å². The lowest BCUT2D eigenvalue weighted by Gasteiger charge is -2.36. The fraction of sp³-hybridized carbons (Fsp3) is 0.619. The van der Waals surface area contributed by atoms with Gasteiger partial charge in [0.05, 0.1) is 23.9 Å². The fourth-order valence-corrected chi connectivity index (χ4v) is 3.97. The van der Waals surface area contributed by atoms with Crippen molar-refractivity contribution in [3.05, 3.63) is 24.3 Å². The summed E-state index contributed by atoms with van der Waals surface area (Å²) >= 11 is 0. The normalized spacial score (nSPS) is 20.7. The summed E-state index contributed by atoms with van der Waals surface area (Å²) in [4.78, 5) is 31.3. The maximum atomic E-state index is 12.9. The Morgan fingerprint density at radius 3 is 2.57 bits per heavy atom. The SMILES string of the molecule is CCOC(=O)N1CCCC(C(=O)Nc2ccccc2N2CCN(CC)CC2)C1. The molecular formula is C21H32N4O3. The van der Waals surface area contributed by atoms with E-state index in [1.54, 1.807) is 11.8 Å². The number of piperazine rings is 1. The number of rotatable bonds is 5. The quantitative estimate of drug-likeness (QED) is 0.840. The molecule has 2 aliphatic rings. The molecule has 1 atom stereocenters. The first kappa shape index (κ1) is 20.5. The Labute approximate surface area is 167 Å². The van der Waals surface area contributed by atoms with Gasteiger partial charge in [-0.05, 0) is 38.4 Å². The van der Waals surface area contributed by atoms with Crippen LogP contribution in [0.2, 0.25) is 0 Å². The van der Waals surface area contributed by atoms with Crippen molar-refractivity contribution in [3.63, 3.8) is 0 Å². The van der Waals surface area contributed by atoms with Crippen molar-refractivity contribution < 1.29 is 14.3 Å². The maximum Gasteiger partial charge on any atom is 0.409 e. The molecule has 1 aromatic rings. The zero-order chi connectivity index (χ0) is 19.9. The summed E-state index contributed by atoms with van der Waals surface area (Å²) in [5.41, 5.74) is 1.93. The highest BCUT2D eigenvalue weighted by Crippen LogP contribution is 2.28. The molecule has 2 heterocycles. The molecule has 0 spiro atoms. The van der Waals surface area contributed by atoms with Crippen LogP contribution in [0, 0.1) is 5.92 Å². The molecule has 0 radical (unpaired) electrons. The van der Waals surface area contributed by atoms with Crippen LogP contribution in [0.3, 0.4) is 0 Å². The highest BCUT2D eigenvalue weighted by atomic mass is 16.6. The largest absolute Gasteiger partial charge is 0.450 e. The van der Waals surface area contributed by atoms with Crippen LogP contribution >= 0.6 is 0 Å². The van der Waals surface area contributed by atoms with Gasteiger partial charge in [-0.15, -0.1) is 0 Å². The zero-order valence-electron chi connectivity index (χ0n) is 17.0. The van der Waals surface area contributed by atoms with E-state index < -0.39 is 0 Å². The van der Waals surface area contributed by atoms with Gasteiger partial charge in [-0.3, -0.25) is 4.79 Å². The summed E-state index contributed by atoms with van der Waals surface area (Å²) in [5.74, 6) is -0.225. The number of hydrogen-bond acceptors (Lipinski definition) is 5. The molecule has 2 aliphatic heterocycles. The first-order chi connectivity index (χ1) is 13.6. The monoisotopic (exact) mass is 388 g/mol. The minimum Gasteiger partial charge on any atom is -0.450 e. The van der Waals surface area contributed by atoms with Crippen molar-refractivity contribution in [1.29, 1.82) is 0 Å². The van der Waals surface area contributed by atoms with Gasteiger partial charge in [-0.25, -0.2) is 4.79 Å². The number of hydrogen-bond donors (Lipinski definition) is 1. The molecule has 7 nitrogen and oxygen atoms in total. The smallest absolute Gasteiger partial charge is 0.409 e.